The van der Waals surface area contributed by atoms with Crippen LogP contribution in [0.2, 0.25) is 5.02 Å². The maximum Gasteiger partial charge on any atom is 0.243 e. The van der Waals surface area contributed by atoms with E-state index >= 15 is 0 Å². The highest BCUT2D eigenvalue weighted by Gasteiger charge is 2.42. The van der Waals surface area contributed by atoms with Crippen LogP contribution >= 0.6 is 11.6 Å². The summed E-state index contributed by atoms with van der Waals surface area (Å²) < 4.78 is 1.66. The average Bonchev–Trinajstić information content (AvgIpc) is 2.58. The van der Waals surface area contributed by atoms with Crippen LogP contribution in [0.1, 0.15) is 32.2 Å². The van der Waals surface area contributed by atoms with Crippen LogP contribution in [0.4, 0.5) is 0 Å². The molecule has 0 saturated carbocycles. The Labute approximate surface area is 129 Å². The molecule has 1 saturated heterocycles. The molecule has 21 heavy (non-hydrogen) atoms. The van der Waals surface area contributed by atoms with Gasteiger partial charge < -0.3 is 10.2 Å². The summed E-state index contributed by atoms with van der Waals surface area (Å²) in [6, 6.07) is -0.523. The summed E-state index contributed by atoms with van der Waals surface area (Å²) in [5, 5.41) is 7.45. The first-order valence-electron chi connectivity index (χ1n) is 6.88. The molecule has 2 rings (SSSR count). The molecule has 1 atom stereocenters. The molecule has 1 fully saturated rings. The molecule has 2 amide bonds. The van der Waals surface area contributed by atoms with Gasteiger partial charge in [0.15, 0.2) is 0 Å². The second-order valence-corrected chi connectivity index (χ2v) is 6.86. The number of rotatable bonds is 2. The highest BCUT2D eigenvalue weighted by atomic mass is 35.5. The van der Waals surface area contributed by atoms with E-state index in [2.05, 4.69) is 10.4 Å². The van der Waals surface area contributed by atoms with Crippen LogP contribution in [0.3, 0.4) is 0 Å². The zero-order valence-electron chi connectivity index (χ0n) is 13.0. The van der Waals surface area contributed by atoms with Gasteiger partial charge >= 0.3 is 0 Å². The molecule has 0 radical (unpaired) electrons. The Hall–Kier alpha value is -1.56. The first kappa shape index (κ1) is 15.8. The number of carbonyl (C=O) groups excluding carboxylic acids is 2. The van der Waals surface area contributed by atoms with E-state index in [0.717, 1.165) is 11.4 Å². The van der Waals surface area contributed by atoms with Gasteiger partial charge in [0.05, 0.1) is 29.5 Å². The van der Waals surface area contributed by atoms with Crippen molar-refractivity contribution in [3.8, 4) is 0 Å². The van der Waals surface area contributed by atoms with Crippen molar-refractivity contribution in [1.29, 1.82) is 0 Å². The van der Waals surface area contributed by atoms with E-state index < -0.39 is 6.04 Å². The number of carbonyl (C=O) groups is 2. The van der Waals surface area contributed by atoms with Crippen LogP contribution in [0.5, 0.6) is 0 Å². The van der Waals surface area contributed by atoms with E-state index in [1.165, 1.54) is 0 Å². The first-order valence-corrected chi connectivity index (χ1v) is 7.26. The van der Waals surface area contributed by atoms with E-state index in [1.54, 1.807) is 16.6 Å². The van der Waals surface area contributed by atoms with Gasteiger partial charge in [-0.05, 0) is 12.3 Å². The SMILES string of the molecule is Cc1nn(C)c(CN2C(=O)CNC(=O)C2C(C)(C)C)c1Cl. The second-order valence-electron chi connectivity index (χ2n) is 6.48. The van der Waals surface area contributed by atoms with Gasteiger partial charge in [-0.2, -0.15) is 5.10 Å². The number of hydrogen-bond donors (Lipinski definition) is 1. The minimum atomic E-state index is -0.523. The maximum atomic E-state index is 12.3. The van der Waals surface area contributed by atoms with Gasteiger partial charge in [0.2, 0.25) is 11.8 Å². The van der Waals surface area contributed by atoms with Crippen LogP contribution in [0, 0.1) is 12.3 Å². The molecule has 0 spiro atoms. The molecule has 0 aromatic carbocycles. The molecular formula is C14H21ClN4O2. The summed E-state index contributed by atoms with van der Waals surface area (Å²) in [7, 11) is 1.79. The Kier molecular flexibility index (Phi) is 4.02. The van der Waals surface area contributed by atoms with Crippen LogP contribution in [0.15, 0.2) is 0 Å². The van der Waals surface area contributed by atoms with Crippen LogP contribution in [0.25, 0.3) is 0 Å². The lowest BCUT2D eigenvalue weighted by atomic mass is 9.84. The van der Waals surface area contributed by atoms with Crippen molar-refractivity contribution in [2.45, 2.75) is 40.3 Å². The third-order valence-electron chi connectivity index (χ3n) is 3.70. The van der Waals surface area contributed by atoms with Crippen molar-refractivity contribution in [3.63, 3.8) is 0 Å². The number of aryl methyl sites for hydroxylation is 2. The van der Waals surface area contributed by atoms with Crippen molar-refractivity contribution >= 4 is 23.4 Å². The summed E-state index contributed by atoms with van der Waals surface area (Å²) in [5.41, 5.74) is 1.10. The number of hydrogen-bond acceptors (Lipinski definition) is 3. The lowest BCUT2D eigenvalue weighted by molar-refractivity contribution is -0.150. The molecule has 6 nitrogen and oxygen atoms in total. The second kappa shape index (κ2) is 5.33. The normalized spacial score (nSPS) is 19.9. The molecule has 0 bridgehead atoms. The van der Waals surface area contributed by atoms with Gasteiger partial charge in [-0.25, -0.2) is 0 Å². The van der Waals surface area contributed by atoms with Crippen molar-refractivity contribution in [2.24, 2.45) is 12.5 Å². The van der Waals surface area contributed by atoms with Gasteiger partial charge in [-0.15, -0.1) is 0 Å². The number of nitrogens with one attached hydrogen (secondary N) is 1. The monoisotopic (exact) mass is 312 g/mol. The predicted molar refractivity (Wildman–Crippen MR) is 79.8 cm³/mol. The van der Waals surface area contributed by atoms with Crippen molar-refractivity contribution in [1.82, 2.24) is 20.0 Å². The summed E-state index contributed by atoms with van der Waals surface area (Å²) in [6.07, 6.45) is 0. The number of amides is 2. The predicted octanol–water partition coefficient (Wildman–Crippen LogP) is 1.26. The minimum Gasteiger partial charge on any atom is -0.345 e. The van der Waals surface area contributed by atoms with E-state index in [4.69, 9.17) is 11.6 Å². The van der Waals surface area contributed by atoms with Gasteiger partial charge in [0, 0.05) is 7.05 Å². The molecular weight excluding hydrogens is 292 g/mol. The average molecular weight is 313 g/mol. The Morgan fingerprint density at radius 3 is 2.48 bits per heavy atom. The van der Waals surface area contributed by atoms with Crippen molar-refractivity contribution < 1.29 is 9.59 Å². The Morgan fingerprint density at radius 2 is 2.00 bits per heavy atom. The van der Waals surface area contributed by atoms with Crippen molar-refractivity contribution in [3.05, 3.63) is 16.4 Å². The fraction of sp³-hybridized carbons (Fsp3) is 0.643. The van der Waals surface area contributed by atoms with E-state index in [-0.39, 0.29) is 30.3 Å². The molecule has 1 aliphatic rings. The summed E-state index contributed by atoms with van der Waals surface area (Å²) >= 11 is 6.26. The van der Waals surface area contributed by atoms with Gasteiger partial charge in [0.1, 0.15) is 6.04 Å². The fourth-order valence-electron chi connectivity index (χ4n) is 2.70. The maximum absolute atomic E-state index is 12.3. The zero-order chi connectivity index (χ0) is 15.9. The molecule has 1 unspecified atom stereocenters. The standard InChI is InChI=1S/C14H21ClN4O2/c1-8-11(15)9(18(5)17-8)7-19-10(20)6-16-13(21)12(19)14(2,3)4/h12H,6-7H2,1-5H3,(H,16,21). The molecule has 1 aromatic rings. The number of aromatic nitrogens is 2. The smallest absolute Gasteiger partial charge is 0.243 e. The third-order valence-corrected chi connectivity index (χ3v) is 4.19. The van der Waals surface area contributed by atoms with E-state index in [1.807, 2.05) is 27.7 Å². The van der Waals surface area contributed by atoms with Crippen molar-refractivity contribution in [2.75, 3.05) is 6.54 Å². The van der Waals surface area contributed by atoms with Gasteiger partial charge in [-0.3, -0.25) is 14.3 Å². The quantitative estimate of drug-likeness (QED) is 0.894. The Bertz CT molecular complexity index is 589. The number of piperazine rings is 1. The number of nitrogens with zero attached hydrogens (tertiary/aromatic N) is 3. The highest BCUT2D eigenvalue weighted by Crippen LogP contribution is 2.29. The third kappa shape index (κ3) is 2.90. The molecule has 1 aromatic heterocycles. The largest absolute Gasteiger partial charge is 0.345 e. The fourth-order valence-corrected chi connectivity index (χ4v) is 2.92. The highest BCUT2D eigenvalue weighted by molar-refractivity contribution is 6.31. The summed E-state index contributed by atoms with van der Waals surface area (Å²) in [6.45, 7) is 7.96. The molecule has 2 heterocycles. The molecule has 1 aliphatic heterocycles. The van der Waals surface area contributed by atoms with Gasteiger partial charge in [-0.1, -0.05) is 32.4 Å². The lowest BCUT2D eigenvalue weighted by Gasteiger charge is -2.42. The van der Waals surface area contributed by atoms with E-state index in [0.29, 0.717) is 5.02 Å². The molecule has 7 heteroatoms. The molecule has 116 valence electrons. The molecule has 1 N–H and O–H groups in total. The van der Waals surface area contributed by atoms with Gasteiger partial charge in [0.25, 0.3) is 0 Å². The summed E-state index contributed by atoms with van der Waals surface area (Å²) in [5.74, 6) is -0.235. The zero-order valence-corrected chi connectivity index (χ0v) is 13.8. The topological polar surface area (TPSA) is 67.2 Å². The Balaban J connectivity index is 2.38. The van der Waals surface area contributed by atoms with Crippen LogP contribution < -0.4 is 5.32 Å². The first-order chi connectivity index (χ1) is 9.62. The lowest BCUT2D eigenvalue weighted by Crippen LogP contribution is -2.62. The molecule has 0 aliphatic carbocycles. The van der Waals surface area contributed by atoms with Crippen LogP contribution in [-0.4, -0.2) is 39.1 Å². The van der Waals surface area contributed by atoms with E-state index in [9.17, 15) is 9.59 Å². The number of halogens is 1. The summed E-state index contributed by atoms with van der Waals surface area (Å²) in [4.78, 5) is 26.1. The Morgan fingerprint density at radius 1 is 1.38 bits per heavy atom. The minimum absolute atomic E-state index is 0.0276. The van der Waals surface area contributed by atoms with Crippen LogP contribution in [-0.2, 0) is 23.2 Å².